The molecule has 0 saturated heterocycles. The SMILES string of the molecule is CCc1csc([C@H](Cc2ccc(CS(=O)(=O)O)cc2)NC(=O)C(Cc2ccccc2)c2nc(C)no2)n1. The van der Waals surface area contributed by atoms with Crippen LogP contribution in [-0.2, 0) is 39.9 Å². The Kier molecular flexibility index (Phi) is 8.47. The molecular weight excluding hydrogens is 512 g/mol. The first kappa shape index (κ1) is 26.6. The molecule has 1 amide bonds. The Bertz CT molecular complexity index is 1430. The Morgan fingerprint density at radius 1 is 1.03 bits per heavy atom. The van der Waals surface area contributed by atoms with Gasteiger partial charge in [0.15, 0.2) is 5.82 Å². The number of aromatic nitrogens is 3. The van der Waals surface area contributed by atoms with Gasteiger partial charge in [0.2, 0.25) is 11.8 Å². The molecule has 0 aliphatic heterocycles. The maximum atomic E-state index is 13.7. The zero-order valence-electron chi connectivity index (χ0n) is 20.5. The van der Waals surface area contributed by atoms with Crippen molar-refractivity contribution in [3.63, 3.8) is 0 Å². The fourth-order valence-electron chi connectivity index (χ4n) is 3.93. The Labute approximate surface area is 219 Å². The number of nitrogens with zero attached hydrogens (tertiary/aromatic N) is 3. The molecule has 0 fully saturated rings. The molecule has 0 saturated carbocycles. The van der Waals surface area contributed by atoms with Crippen molar-refractivity contribution in [2.24, 2.45) is 0 Å². The molecule has 0 bridgehead atoms. The Hall–Kier alpha value is -3.41. The topological polar surface area (TPSA) is 135 Å². The third-order valence-corrected chi connectivity index (χ3v) is 7.50. The average molecular weight is 541 g/mol. The highest BCUT2D eigenvalue weighted by atomic mass is 32.2. The third-order valence-electron chi connectivity index (χ3n) is 5.80. The molecule has 2 aromatic heterocycles. The Morgan fingerprint density at radius 2 is 1.70 bits per heavy atom. The summed E-state index contributed by atoms with van der Waals surface area (Å²) in [6.45, 7) is 3.73. The summed E-state index contributed by atoms with van der Waals surface area (Å²) in [4.78, 5) is 22.7. The quantitative estimate of drug-likeness (QED) is 0.270. The van der Waals surface area contributed by atoms with Crippen LogP contribution in [0.25, 0.3) is 0 Å². The molecule has 2 atom stereocenters. The summed E-state index contributed by atoms with van der Waals surface area (Å²) in [5.74, 6) is -0.692. The van der Waals surface area contributed by atoms with E-state index in [1.54, 1.807) is 31.2 Å². The van der Waals surface area contributed by atoms with Crippen LogP contribution in [0.5, 0.6) is 0 Å². The number of aryl methyl sites for hydroxylation is 2. The van der Waals surface area contributed by atoms with Crippen LogP contribution in [0.4, 0.5) is 0 Å². The molecule has 2 heterocycles. The van der Waals surface area contributed by atoms with Gasteiger partial charge < -0.3 is 9.84 Å². The van der Waals surface area contributed by atoms with Crippen LogP contribution in [0.3, 0.4) is 0 Å². The maximum Gasteiger partial charge on any atom is 0.269 e. The minimum absolute atomic E-state index is 0.251. The lowest BCUT2D eigenvalue weighted by atomic mass is 9.97. The molecule has 37 heavy (non-hydrogen) atoms. The number of amides is 1. The second kappa shape index (κ2) is 11.8. The number of benzene rings is 2. The number of carbonyl (C=O) groups is 1. The Balaban J connectivity index is 1.59. The highest BCUT2D eigenvalue weighted by molar-refractivity contribution is 7.85. The molecule has 1 unspecified atom stereocenters. The normalized spacial score (nSPS) is 13.3. The van der Waals surface area contributed by atoms with Crippen LogP contribution in [-0.4, -0.2) is 34.0 Å². The van der Waals surface area contributed by atoms with Gasteiger partial charge in [-0.3, -0.25) is 9.35 Å². The fraction of sp³-hybridized carbons (Fsp3) is 0.308. The average Bonchev–Trinajstić information content (AvgIpc) is 3.52. The first-order chi connectivity index (χ1) is 17.7. The highest BCUT2D eigenvalue weighted by Gasteiger charge is 2.30. The van der Waals surface area contributed by atoms with Crippen molar-refractivity contribution in [2.75, 3.05) is 0 Å². The zero-order valence-corrected chi connectivity index (χ0v) is 22.1. The van der Waals surface area contributed by atoms with E-state index in [4.69, 9.17) is 14.1 Å². The summed E-state index contributed by atoms with van der Waals surface area (Å²) in [6.07, 6.45) is 1.61. The summed E-state index contributed by atoms with van der Waals surface area (Å²) in [7, 11) is -4.12. The van der Waals surface area contributed by atoms with E-state index in [0.29, 0.717) is 24.2 Å². The van der Waals surface area contributed by atoms with E-state index in [2.05, 4.69) is 15.5 Å². The lowest BCUT2D eigenvalue weighted by molar-refractivity contribution is -0.123. The molecule has 0 aliphatic rings. The van der Waals surface area contributed by atoms with Crippen LogP contribution >= 0.6 is 11.3 Å². The summed E-state index contributed by atoms with van der Waals surface area (Å²) < 4.78 is 36.9. The summed E-state index contributed by atoms with van der Waals surface area (Å²) in [5, 5.41) is 9.77. The lowest BCUT2D eigenvalue weighted by Gasteiger charge is -2.20. The van der Waals surface area contributed by atoms with Crippen molar-refractivity contribution in [2.45, 2.75) is 50.8 Å². The van der Waals surface area contributed by atoms with Crippen LogP contribution in [0.15, 0.2) is 64.5 Å². The van der Waals surface area contributed by atoms with Crippen molar-refractivity contribution in [1.82, 2.24) is 20.4 Å². The molecule has 4 aromatic rings. The van der Waals surface area contributed by atoms with Crippen LogP contribution in [0, 0.1) is 6.92 Å². The van der Waals surface area contributed by atoms with Crippen LogP contribution in [0.1, 0.15) is 58.0 Å². The van der Waals surface area contributed by atoms with Gasteiger partial charge in [0.1, 0.15) is 16.7 Å². The number of nitrogens with one attached hydrogen (secondary N) is 1. The molecule has 2 N–H and O–H groups in total. The van der Waals surface area contributed by atoms with Gasteiger partial charge in [-0.05, 0) is 42.9 Å². The van der Waals surface area contributed by atoms with Gasteiger partial charge in [0.25, 0.3) is 10.1 Å². The van der Waals surface area contributed by atoms with Gasteiger partial charge in [0.05, 0.1) is 11.7 Å². The standard InChI is InChI=1S/C26H28N4O5S2/c1-3-21-15-36-26(28-21)23(14-19-9-11-20(12-10-19)16-37(32,33)34)29-24(31)22(25-27-17(2)30-35-25)13-18-7-5-4-6-8-18/h4-12,15,22-23H,3,13-14,16H2,1-2H3,(H,29,31)(H,32,33,34)/t22?,23-/m0/s1. The highest BCUT2D eigenvalue weighted by Crippen LogP contribution is 2.26. The predicted octanol–water partition coefficient (Wildman–Crippen LogP) is 4.21. The third kappa shape index (κ3) is 7.54. The number of carbonyl (C=O) groups excluding carboxylic acids is 1. The van der Waals surface area contributed by atoms with Crippen molar-refractivity contribution in [1.29, 1.82) is 0 Å². The minimum atomic E-state index is -4.12. The lowest BCUT2D eigenvalue weighted by Crippen LogP contribution is -2.35. The van der Waals surface area contributed by atoms with Crippen molar-refractivity contribution < 1.29 is 22.3 Å². The van der Waals surface area contributed by atoms with E-state index in [1.165, 1.54) is 11.3 Å². The molecule has 0 radical (unpaired) electrons. The smallest absolute Gasteiger partial charge is 0.269 e. The summed E-state index contributed by atoms with van der Waals surface area (Å²) in [5.41, 5.74) is 3.26. The number of hydrogen-bond donors (Lipinski definition) is 2. The second-order valence-electron chi connectivity index (χ2n) is 8.76. The van der Waals surface area contributed by atoms with E-state index in [0.717, 1.165) is 28.2 Å². The molecule has 0 aliphatic carbocycles. The van der Waals surface area contributed by atoms with E-state index in [1.807, 2.05) is 42.6 Å². The van der Waals surface area contributed by atoms with Crippen molar-refractivity contribution in [3.05, 3.63) is 99.1 Å². The van der Waals surface area contributed by atoms with Crippen molar-refractivity contribution >= 4 is 27.4 Å². The first-order valence-electron chi connectivity index (χ1n) is 11.8. The number of hydrogen-bond acceptors (Lipinski definition) is 8. The van der Waals surface area contributed by atoms with E-state index < -0.39 is 27.8 Å². The van der Waals surface area contributed by atoms with E-state index >= 15 is 0 Å². The first-order valence-corrected chi connectivity index (χ1v) is 14.3. The molecule has 9 nitrogen and oxygen atoms in total. The van der Waals surface area contributed by atoms with E-state index in [-0.39, 0.29) is 11.8 Å². The minimum Gasteiger partial charge on any atom is -0.346 e. The molecule has 4 rings (SSSR count). The molecule has 194 valence electrons. The molecule has 0 spiro atoms. The maximum absolute atomic E-state index is 13.7. The van der Waals surface area contributed by atoms with Gasteiger partial charge >= 0.3 is 0 Å². The van der Waals surface area contributed by atoms with E-state index in [9.17, 15) is 13.2 Å². The fourth-order valence-corrected chi connectivity index (χ4v) is 5.50. The number of thiazole rings is 1. The Morgan fingerprint density at radius 3 is 2.30 bits per heavy atom. The molecular formula is C26H28N4O5S2. The second-order valence-corrected chi connectivity index (χ2v) is 11.1. The van der Waals surface area contributed by atoms with Crippen LogP contribution < -0.4 is 5.32 Å². The number of rotatable bonds is 11. The molecule has 11 heteroatoms. The zero-order chi connectivity index (χ0) is 26.4. The van der Waals surface area contributed by atoms with Gasteiger partial charge in [-0.1, -0.05) is 66.7 Å². The van der Waals surface area contributed by atoms with Gasteiger partial charge in [-0.15, -0.1) is 11.3 Å². The van der Waals surface area contributed by atoms with Crippen molar-refractivity contribution in [3.8, 4) is 0 Å². The predicted molar refractivity (Wildman–Crippen MR) is 140 cm³/mol. The van der Waals surface area contributed by atoms with Gasteiger partial charge in [-0.2, -0.15) is 13.4 Å². The summed E-state index contributed by atoms with van der Waals surface area (Å²) >= 11 is 1.48. The van der Waals surface area contributed by atoms with Crippen LogP contribution in [0.2, 0.25) is 0 Å². The monoisotopic (exact) mass is 540 g/mol. The van der Waals surface area contributed by atoms with Gasteiger partial charge in [0, 0.05) is 5.38 Å². The summed E-state index contributed by atoms with van der Waals surface area (Å²) in [6, 6.07) is 16.1. The van der Waals surface area contributed by atoms with Gasteiger partial charge in [-0.25, -0.2) is 4.98 Å². The largest absolute Gasteiger partial charge is 0.346 e. The molecule has 2 aromatic carbocycles.